The summed E-state index contributed by atoms with van der Waals surface area (Å²) in [7, 11) is 0. The second-order valence-electron chi connectivity index (χ2n) is 6.87. The van der Waals surface area contributed by atoms with Crippen LogP contribution in [0.3, 0.4) is 0 Å². The number of nitrogens with zero attached hydrogens (tertiary/aromatic N) is 2. The molecule has 6 nitrogen and oxygen atoms in total. The molecule has 1 unspecified atom stereocenters. The third-order valence-electron chi connectivity index (χ3n) is 4.98. The number of nitrogens with one attached hydrogen (secondary N) is 1. The molecule has 134 valence electrons. The van der Waals surface area contributed by atoms with E-state index in [9.17, 15) is 4.79 Å². The zero-order chi connectivity index (χ0) is 18.3. The van der Waals surface area contributed by atoms with Gasteiger partial charge < -0.3 is 20.7 Å². The molecule has 2 aliphatic rings. The van der Waals surface area contributed by atoms with Crippen LogP contribution in [0, 0.1) is 0 Å². The highest BCUT2D eigenvalue weighted by Crippen LogP contribution is 2.38. The van der Waals surface area contributed by atoms with E-state index in [0.717, 1.165) is 22.2 Å². The van der Waals surface area contributed by atoms with Gasteiger partial charge in [0.05, 0.1) is 18.8 Å². The highest BCUT2D eigenvalue weighted by Gasteiger charge is 2.45. The predicted molar refractivity (Wildman–Crippen MR) is 103 cm³/mol. The summed E-state index contributed by atoms with van der Waals surface area (Å²) in [4.78, 5) is 18.5. The van der Waals surface area contributed by atoms with Gasteiger partial charge in [0.1, 0.15) is 5.54 Å². The van der Waals surface area contributed by atoms with Gasteiger partial charge >= 0.3 is 6.09 Å². The molecule has 4 rings (SSSR count). The average molecular weight is 350 g/mol. The normalized spacial score (nSPS) is 22.1. The van der Waals surface area contributed by atoms with Gasteiger partial charge in [-0.3, -0.25) is 0 Å². The number of ether oxygens (including phenoxy) is 1. The van der Waals surface area contributed by atoms with E-state index in [1.807, 2.05) is 19.1 Å². The molecular formula is C20H22N4O2. The topological polar surface area (TPSA) is 80.0 Å². The number of rotatable bonds is 2. The zero-order valence-electron chi connectivity index (χ0n) is 15.0. The Labute approximate surface area is 152 Å². The maximum atomic E-state index is 12.2. The molecule has 0 aliphatic carbocycles. The van der Waals surface area contributed by atoms with E-state index in [1.165, 1.54) is 5.39 Å². The smallest absolute Gasteiger partial charge is 0.410 e. The van der Waals surface area contributed by atoms with Crippen LogP contribution < -0.4 is 11.1 Å². The summed E-state index contributed by atoms with van der Waals surface area (Å²) in [6.07, 6.45) is -0.317. The van der Waals surface area contributed by atoms with Gasteiger partial charge in [-0.2, -0.15) is 0 Å². The van der Waals surface area contributed by atoms with Gasteiger partial charge in [0.2, 0.25) is 0 Å². The van der Waals surface area contributed by atoms with E-state index in [4.69, 9.17) is 10.5 Å². The number of hydrogen-bond acceptors (Lipinski definition) is 5. The van der Waals surface area contributed by atoms with Crippen LogP contribution in [0.25, 0.3) is 16.5 Å². The van der Waals surface area contributed by atoms with E-state index in [0.29, 0.717) is 25.7 Å². The first kappa shape index (κ1) is 16.4. The summed E-state index contributed by atoms with van der Waals surface area (Å²) in [6, 6.07) is 14.5. The van der Waals surface area contributed by atoms with Gasteiger partial charge in [0.15, 0.2) is 5.96 Å². The Hall–Kier alpha value is -3.02. The van der Waals surface area contributed by atoms with Crippen LogP contribution in [0.4, 0.5) is 4.79 Å². The number of amides is 1. The van der Waals surface area contributed by atoms with Crippen molar-refractivity contribution in [3.05, 3.63) is 53.6 Å². The van der Waals surface area contributed by atoms with E-state index in [1.54, 1.807) is 11.8 Å². The maximum absolute atomic E-state index is 12.2. The molecule has 26 heavy (non-hydrogen) atoms. The second-order valence-corrected chi connectivity index (χ2v) is 6.87. The highest BCUT2D eigenvalue weighted by atomic mass is 16.6. The zero-order valence-corrected chi connectivity index (χ0v) is 15.0. The number of aliphatic imine (C=N–C) groups is 1. The van der Waals surface area contributed by atoms with Gasteiger partial charge in [-0.05, 0) is 36.2 Å². The minimum atomic E-state index is -0.539. The number of hydrogen-bond donors (Lipinski definition) is 2. The number of guanidine groups is 1. The van der Waals surface area contributed by atoms with Crippen LogP contribution >= 0.6 is 0 Å². The number of carbonyl (C=O) groups is 1. The summed E-state index contributed by atoms with van der Waals surface area (Å²) in [5.41, 5.74) is 8.54. The van der Waals surface area contributed by atoms with E-state index in [2.05, 4.69) is 40.6 Å². The van der Waals surface area contributed by atoms with Gasteiger partial charge in [0.25, 0.3) is 0 Å². The predicted octanol–water partition coefficient (Wildman–Crippen LogP) is 2.70. The number of nitrogens with two attached hydrogens (primary N) is 1. The van der Waals surface area contributed by atoms with Crippen LogP contribution in [-0.2, 0) is 4.74 Å². The third kappa shape index (κ3) is 2.67. The van der Waals surface area contributed by atoms with Crippen LogP contribution in [0.1, 0.15) is 19.4 Å². The fraction of sp³-hybridized carbons (Fsp3) is 0.300. The fourth-order valence-corrected chi connectivity index (χ4v) is 3.77. The molecule has 0 aromatic heterocycles. The molecular weight excluding hydrogens is 328 g/mol. The summed E-state index contributed by atoms with van der Waals surface area (Å²) in [5, 5.41) is 5.55. The van der Waals surface area contributed by atoms with E-state index >= 15 is 0 Å². The number of fused-ring (bicyclic) bond motifs is 2. The van der Waals surface area contributed by atoms with Crippen molar-refractivity contribution in [1.29, 1.82) is 0 Å². The molecule has 2 aromatic rings. The number of benzene rings is 2. The Kier molecular flexibility index (Phi) is 3.83. The molecule has 0 bridgehead atoms. The van der Waals surface area contributed by atoms with Gasteiger partial charge in [-0.1, -0.05) is 36.4 Å². The largest absolute Gasteiger partial charge is 0.450 e. The quantitative estimate of drug-likeness (QED) is 0.873. The summed E-state index contributed by atoms with van der Waals surface area (Å²) < 4.78 is 5.17. The third-order valence-corrected chi connectivity index (χ3v) is 4.98. The first-order valence-corrected chi connectivity index (χ1v) is 8.77. The minimum Gasteiger partial charge on any atom is -0.450 e. The summed E-state index contributed by atoms with van der Waals surface area (Å²) >= 11 is 0. The molecule has 0 radical (unpaired) electrons. The van der Waals surface area contributed by atoms with Gasteiger partial charge in [-0.25, -0.2) is 9.79 Å². The molecule has 1 amide bonds. The van der Waals surface area contributed by atoms with Crippen molar-refractivity contribution in [2.75, 3.05) is 19.7 Å². The van der Waals surface area contributed by atoms with Crippen molar-refractivity contribution in [3.63, 3.8) is 0 Å². The second kappa shape index (κ2) is 6.05. The van der Waals surface area contributed by atoms with Crippen LogP contribution in [0.2, 0.25) is 0 Å². The Morgan fingerprint density at radius 3 is 2.85 bits per heavy atom. The lowest BCUT2D eigenvalue weighted by Gasteiger charge is -2.29. The molecule has 6 heteroatoms. The van der Waals surface area contributed by atoms with Crippen LogP contribution in [0.5, 0.6) is 0 Å². The van der Waals surface area contributed by atoms with E-state index in [-0.39, 0.29) is 6.09 Å². The molecule has 3 N–H and O–H groups in total. The first-order chi connectivity index (χ1) is 12.5. The standard InChI is InChI=1S/C20H22N4O2/c1-3-26-19(25)24-11-16-17(22-18(21)23-20(16,2)12-24)15-9-8-13-6-4-5-7-14(13)10-15/h4-10H,3,11-12H2,1-2H3,(H3,21,22,23). The minimum absolute atomic E-state index is 0.317. The molecule has 0 saturated carbocycles. The van der Waals surface area contributed by atoms with Crippen LogP contribution in [-0.4, -0.2) is 42.2 Å². The lowest BCUT2D eigenvalue weighted by molar-refractivity contribution is 0.114. The number of carbonyl (C=O) groups excluding carboxylic acids is 1. The van der Waals surface area contributed by atoms with Crippen molar-refractivity contribution in [2.24, 2.45) is 10.7 Å². The van der Waals surface area contributed by atoms with Crippen molar-refractivity contribution in [2.45, 2.75) is 19.4 Å². The van der Waals surface area contributed by atoms with Gasteiger partial charge in [-0.15, -0.1) is 0 Å². The molecule has 0 spiro atoms. The number of likely N-dealkylation sites (tertiary alicyclic amines) is 1. The Morgan fingerprint density at radius 1 is 1.31 bits per heavy atom. The Balaban J connectivity index is 1.79. The average Bonchev–Trinajstić information content (AvgIpc) is 2.98. The molecule has 1 fully saturated rings. The summed E-state index contributed by atoms with van der Waals surface area (Å²) in [5.74, 6) is 0.366. The Morgan fingerprint density at radius 2 is 2.08 bits per heavy atom. The molecule has 2 aromatic carbocycles. The van der Waals surface area contributed by atoms with Crippen molar-refractivity contribution in [3.8, 4) is 0 Å². The Bertz CT molecular complexity index is 950. The van der Waals surface area contributed by atoms with Crippen molar-refractivity contribution >= 4 is 28.5 Å². The molecule has 2 heterocycles. The van der Waals surface area contributed by atoms with Gasteiger partial charge in [0, 0.05) is 12.1 Å². The van der Waals surface area contributed by atoms with Crippen LogP contribution in [0.15, 0.2) is 53.0 Å². The van der Waals surface area contributed by atoms with Crippen molar-refractivity contribution < 1.29 is 9.53 Å². The SMILES string of the molecule is CCOC(=O)N1CC2=C(c3ccc4ccccc4c3)NC(N)=NC2(C)C1. The monoisotopic (exact) mass is 350 g/mol. The molecule has 1 saturated heterocycles. The molecule has 2 aliphatic heterocycles. The lowest BCUT2D eigenvalue weighted by Crippen LogP contribution is -2.43. The lowest BCUT2D eigenvalue weighted by atomic mass is 9.90. The fourth-order valence-electron chi connectivity index (χ4n) is 3.77. The summed E-state index contributed by atoms with van der Waals surface area (Å²) in [6.45, 7) is 5.10. The highest BCUT2D eigenvalue weighted by molar-refractivity contribution is 5.95. The molecule has 1 atom stereocenters. The van der Waals surface area contributed by atoms with Crippen molar-refractivity contribution in [1.82, 2.24) is 10.2 Å². The van der Waals surface area contributed by atoms with E-state index < -0.39 is 5.54 Å². The maximum Gasteiger partial charge on any atom is 0.410 e. The first-order valence-electron chi connectivity index (χ1n) is 8.77.